The Morgan fingerprint density at radius 2 is 2.03 bits per heavy atom. The van der Waals surface area contributed by atoms with Crippen LogP contribution in [0.5, 0.6) is 0 Å². The fraction of sp³-hybridized carbons (Fsp3) is 0.286. The minimum Gasteiger partial charge on any atom is -0.355 e. The summed E-state index contributed by atoms with van der Waals surface area (Å²) in [5, 5.41) is 11.3. The van der Waals surface area contributed by atoms with E-state index in [0.29, 0.717) is 28.0 Å². The molecule has 0 bridgehead atoms. The first-order chi connectivity index (χ1) is 17.0. The van der Waals surface area contributed by atoms with Gasteiger partial charge >= 0.3 is 6.18 Å². The van der Waals surface area contributed by atoms with E-state index >= 15 is 0 Å². The molecule has 1 aliphatic rings. The molecule has 1 saturated heterocycles. The van der Waals surface area contributed by atoms with E-state index in [-0.39, 0.29) is 6.07 Å². The molecule has 1 fully saturated rings. The summed E-state index contributed by atoms with van der Waals surface area (Å²) in [6.45, 7) is -2.42. The van der Waals surface area contributed by atoms with Gasteiger partial charge in [-0.2, -0.15) is 18.4 Å². The zero-order chi connectivity index (χ0) is 29.3. The van der Waals surface area contributed by atoms with Crippen molar-refractivity contribution < 1.29 is 29.9 Å². The van der Waals surface area contributed by atoms with Crippen LogP contribution in [0.3, 0.4) is 0 Å². The molecule has 1 heterocycles. The predicted octanol–water partition coefficient (Wildman–Crippen LogP) is 2.75. The highest BCUT2D eigenvalue weighted by Crippen LogP contribution is 2.45. The Morgan fingerprint density at radius 1 is 1.34 bits per heavy atom. The van der Waals surface area contributed by atoms with Crippen molar-refractivity contribution in [2.45, 2.75) is 23.0 Å². The molecule has 1 unspecified atom stereocenters. The molecule has 172 valence electrons. The number of likely N-dealkylation sites (N-methyl/N-ethyl adjacent to an activating group) is 1. The molecule has 1 aliphatic heterocycles. The number of amides is 2. The molecule has 2 amide bonds. The number of anilines is 1. The second-order valence-electron chi connectivity index (χ2n) is 6.91. The molecule has 2 aromatic carbocycles. The number of benzene rings is 2. The van der Waals surface area contributed by atoms with E-state index in [1.165, 1.54) is 13.1 Å². The highest BCUT2D eigenvalue weighted by molar-refractivity contribution is 8.00. The fourth-order valence-electron chi connectivity index (χ4n) is 3.14. The number of carbonyl (C=O) groups excluding carboxylic acids is 2. The van der Waals surface area contributed by atoms with Gasteiger partial charge in [0.2, 0.25) is 5.91 Å². The summed E-state index contributed by atoms with van der Waals surface area (Å²) < 4.78 is 109. The third kappa shape index (κ3) is 4.10. The molecule has 32 heavy (non-hydrogen) atoms. The maximum atomic E-state index is 14.9. The van der Waals surface area contributed by atoms with Gasteiger partial charge in [-0.15, -0.1) is 0 Å². The van der Waals surface area contributed by atoms with Crippen molar-refractivity contribution in [2.75, 3.05) is 25.5 Å². The van der Waals surface area contributed by atoms with E-state index in [4.69, 9.17) is 12.5 Å². The number of hydrogen-bond acceptors (Lipinski definition) is 4. The molecule has 0 saturated carbocycles. The van der Waals surface area contributed by atoms with E-state index in [9.17, 15) is 27.2 Å². The van der Waals surface area contributed by atoms with Crippen molar-refractivity contribution in [3.63, 3.8) is 0 Å². The Labute approximate surface area is 192 Å². The van der Waals surface area contributed by atoms with Gasteiger partial charge in [-0.25, -0.2) is 4.39 Å². The maximum Gasteiger partial charge on any atom is 0.417 e. The van der Waals surface area contributed by atoms with E-state index in [1.807, 2.05) is 0 Å². The van der Waals surface area contributed by atoms with Crippen molar-refractivity contribution in [3.8, 4) is 6.07 Å². The van der Waals surface area contributed by atoms with Gasteiger partial charge in [0.15, 0.2) is 0 Å². The zero-order valence-electron chi connectivity index (χ0n) is 23.0. The molecule has 0 aliphatic carbocycles. The number of hydrogen-bond donors (Lipinski definition) is 1. The maximum absolute atomic E-state index is 14.9. The summed E-state index contributed by atoms with van der Waals surface area (Å²) in [6, 6.07) is 5.14. The lowest BCUT2D eigenvalue weighted by Gasteiger charge is -2.42. The van der Waals surface area contributed by atoms with Gasteiger partial charge in [-0.1, -0.05) is 6.07 Å². The van der Waals surface area contributed by atoms with E-state index in [2.05, 4.69) is 5.32 Å². The summed E-state index contributed by atoms with van der Waals surface area (Å²) in [5.41, 5.74) is -3.59. The van der Waals surface area contributed by atoms with Gasteiger partial charge in [-0.3, -0.25) is 21.0 Å². The standard InChI is InChI=1S/C21H22F4N4O2S/c1-20(32-14-6-4-12(10-26)16(9-14)21(23,24)25)28(3)18(30)11-29(20)13-5-7-15(17(22)8-13)19(31)27-2/h4-9H,11H2,1-3H3,32H4,(H,27,31)/i11D2,32D4. The van der Waals surface area contributed by atoms with E-state index in [1.54, 1.807) is 0 Å². The molecule has 0 radical (unpaired) electrons. The van der Waals surface area contributed by atoms with Crippen LogP contribution in [0.4, 0.5) is 23.2 Å². The monoisotopic (exact) mass is 476 g/mol. The number of nitriles is 1. The molecule has 2 aromatic rings. The SMILES string of the molecule is [2H]C1([2H])C(=O)N(C)C(C)(S([2H])([2H])([2H])([2H])c2ccc(C#N)c(C(F)(F)F)c2)N1c1ccc(C(=O)NC)c(F)c1. The van der Waals surface area contributed by atoms with Gasteiger partial charge < -0.3 is 15.1 Å². The zero-order valence-corrected chi connectivity index (χ0v) is 17.9. The molecular weight excluding hydrogens is 448 g/mol. The topological polar surface area (TPSA) is 76.4 Å². The minimum absolute atomic E-state index is 0.130. The summed E-state index contributed by atoms with van der Waals surface area (Å²) in [4.78, 5) is 21.5. The minimum atomic E-state index is -7.32. The fourth-order valence-corrected chi connectivity index (χ4v) is 4.36. The average molecular weight is 477 g/mol. The molecular formula is C21H22F4N4O2S. The molecule has 1 N–H and O–H groups in total. The number of rotatable bonds is 4. The quantitative estimate of drug-likeness (QED) is 0.689. The number of carbonyl (C=O) groups is 2. The molecule has 0 aromatic heterocycles. The van der Waals surface area contributed by atoms with Crippen molar-refractivity contribution >= 4 is 28.9 Å². The van der Waals surface area contributed by atoms with Gasteiger partial charge in [0.25, 0.3) is 5.91 Å². The molecule has 1 atom stereocenters. The largest absolute Gasteiger partial charge is 0.417 e. The Hall–Kier alpha value is -3.26. The van der Waals surface area contributed by atoms with Gasteiger partial charge in [0.05, 0.1) is 30.0 Å². The smallest absolute Gasteiger partial charge is 0.355 e. The van der Waals surface area contributed by atoms with Crippen LogP contribution in [-0.2, 0) is 11.0 Å². The lowest BCUT2D eigenvalue weighted by atomic mass is 10.1. The number of alkyl halides is 3. The Morgan fingerprint density at radius 3 is 2.59 bits per heavy atom. The third-order valence-corrected chi connectivity index (χ3v) is 6.29. The second kappa shape index (κ2) is 8.35. The van der Waals surface area contributed by atoms with E-state index in [0.717, 1.165) is 26.1 Å². The predicted molar refractivity (Wildman–Crippen MR) is 116 cm³/mol. The van der Waals surface area contributed by atoms with Crippen molar-refractivity contribution in [1.29, 1.82) is 9.76 Å². The van der Waals surface area contributed by atoms with Crippen molar-refractivity contribution in [3.05, 3.63) is 58.9 Å². The van der Waals surface area contributed by atoms with Crippen LogP contribution in [0, 0.1) is 17.1 Å². The molecule has 0 spiro atoms. The summed E-state index contributed by atoms with van der Waals surface area (Å²) in [5.74, 6) is -3.52. The Balaban J connectivity index is 2.43. The Kier molecular flexibility index (Phi) is 4.27. The summed E-state index contributed by atoms with van der Waals surface area (Å²) in [7, 11) is 2.09. The summed E-state index contributed by atoms with van der Waals surface area (Å²) in [6.07, 6.45) is -5.18. The van der Waals surface area contributed by atoms with Crippen LogP contribution < -0.4 is 10.2 Å². The summed E-state index contributed by atoms with van der Waals surface area (Å²) >= 11 is -7.32. The van der Waals surface area contributed by atoms with Crippen LogP contribution in [-0.4, -0.2) is 46.8 Å². The molecule has 11 heteroatoms. The highest BCUT2D eigenvalue weighted by atomic mass is 32.2. The van der Waals surface area contributed by atoms with Crippen LogP contribution in [0.2, 0.25) is 0 Å². The first kappa shape index (κ1) is 16.4. The van der Waals surface area contributed by atoms with Crippen molar-refractivity contribution in [2.24, 2.45) is 0 Å². The third-order valence-electron chi connectivity index (χ3n) is 4.96. The van der Waals surface area contributed by atoms with Crippen LogP contribution in [0.15, 0.2) is 41.3 Å². The average Bonchev–Trinajstić information content (AvgIpc) is 2.94. The number of nitrogens with zero attached hydrogens (tertiary/aromatic N) is 3. The van der Waals surface area contributed by atoms with E-state index < -0.39 is 74.0 Å². The highest BCUT2D eigenvalue weighted by Gasteiger charge is 2.45. The van der Waals surface area contributed by atoms with Gasteiger partial charge in [-0.05, 0) is 42.2 Å². The normalized spacial score (nSPS) is 25.8. The first-order valence-electron chi connectivity index (χ1n) is 11.7. The molecule has 3 rings (SSSR count). The van der Waals surface area contributed by atoms with Gasteiger partial charge in [0, 0.05) is 19.8 Å². The van der Waals surface area contributed by atoms with Crippen LogP contribution in [0.25, 0.3) is 0 Å². The number of nitrogens with one attached hydrogen (secondary N) is 1. The Bertz CT molecular complexity index is 1430. The van der Waals surface area contributed by atoms with Gasteiger partial charge in [0.1, 0.15) is 17.3 Å². The molecule has 6 nitrogen and oxygen atoms in total. The number of halogens is 4. The second-order valence-corrected chi connectivity index (χ2v) is 8.36. The van der Waals surface area contributed by atoms with Crippen molar-refractivity contribution in [1.82, 2.24) is 10.2 Å². The van der Waals surface area contributed by atoms with Crippen LogP contribution >= 0.6 is 11.4 Å². The lowest BCUT2D eigenvalue weighted by Crippen LogP contribution is -2.47. The van der Waals surface area contributed by atoms with Crippen LogP contribution in [0.1, 0.15) is 31.2 Å². The first-order valence-corrected chi connectivity index (χ1v) is 9.90. The lowest BCUT2D eigenvalue weighted by molar-refractivity contribution is -0.138.